The third kappa shape index (κ3) is 4.35. The van der Waals surface area contributed by atoms with Crippen molar-refractivity contribution in [3.8, 4) is 0 Å². The lowest BCUT2D eigenvalue weighted by atomic mass is 10.2. The SMILES string of the molecule is CCN(c1cc(N)nc(C(C)C)n1)C(C)CN(C)C. The van der Waals surface area contributed by atoms with Crippen molar-refractivity contribution in [1.82, 2.24) is 14.9 Å². The van der Waals surface area contributed by atoms with Crippen LogP contribution in [0, 0.1) is 0 Å². The highest BCUT2D eigenvalue weighted by molar-refractivity contribution is 5.48. The topological polar surface area (TPSA) is 58.3 Å². The number of rotatable bonds is 6. The zero-order chi connectivity index (χ0) is 14.6. The predicted octanol–water partition coefficient (Wildman–Crippen LogP) is 1.96. The molecule has 0 aliphatic heterocycles. The van der Waals surface area contributed by atoms with E-state index >= 15 is 0 Å². The summed E-state index contributed by atoms with van der Waals surface area (Å²) >= 11 is 0. The molecule has 0 aliphatic rings. The van der Waals surface area contributed by atoms with Gasteiger partial charge in [-0.25, -0.2) is 9.97 Å². The van der Waals surface area contributed by atoms with Crippen LogP contribution < -0.4 is 10.6 Å². The third-order valence-corrected chi connectivity index (χ3v) is 3.06. The minimum atomic E-state index is 0.283. The lowest BCUT2D eigenvalue weighted by Gasteiger charge is -2.31. The molecule has 0 radical (unpaired) electrons. The van der Waals surface area contributed by atoms with Crippen LogP contribution in [0.4, 0.5) is 11.6 Å². The first-order chi connectivity index (χ1) is 8.85. The first-order valence-corrected chi connectivity index (χ1v) is 6.91. The summed E-state index contributed by atoms with van der Waals surface area (Å²) in [6.07, 6.45) is 0. The predicted molar refractivity (Wildman–Crippen MR) is 81.6 cm³/mol. The van der Waals surface area contributed by atoms with Crippen molar-refractivity contribution in [3.05, 3.63) is 11.9 Å². The van der Waals surface area contributed by atoms with Crippen molar-refractivity contribution < 1.29 is 0 Å². The van der Waals surface area contributed by atoms with Crippen LogP contribution >= 0.6 is 0 Å². The number of anilines is 2. The Bertz CT molecular complexity index is 403. The highest BCUT2D eigenvalue weighted by Crippen LogP contribution is 2.20. The van der Waals surface area contributed by atoms with E-state index in [4.69, 9.17) is 5.73 Å². The fraction of sp³-hybridized carbons (Fsp3) is 0.714. The average molecular weight is 265 g/mol. The summed E-state index contributed by atoms with van der Waals surface area (Å²) in [6, 6.07) is 2.25. The molecule has 1 atom stereocenters. The van der Waals surface area contributed by atoms with E-state index in [1.165, 1.54) is 0 Å². The highest BCUT2D eigenvalue weighted by atomic mass is 15.2. The van der Waals surface area contributed by atoms with Gasteiger partial charge in [-0.2, -0.15) is 0 Å². The maximum atomic E-state index is 5.90. The zero-order valence-corrected chi connectivity index (χ0v) is 13.0. The van der Waals surface area contributed by atoms with Crippen LogP contribution in [0.25, 0.3) is 0 Å². The van der Waals surface area contributed by atoms with Crippen LogP contribution in [-0.4, -0.2) is 48.1 Å². The van der Waals surface area contributed by atoms with Crippen molar-refractivity contribution in [2.75, 3.05) is 37.8 Å². The van der Waals surface area contributed by atoms with Crippen molar-refractivity contribution in [2.24, 2.45) is 0 Å². The summed E-state index contributed by atoms with van der Waals surface area (Å²) in [6.45, 7) is 10.4. The molecule has 1 aromatic rings. The molecular weight excluding hydrogens is 238 g/mol. The Balaban J connectivity index is 3.03. The van der Waals surface area contributed by atoms with Gasteiger partial charge in [-0.1, -0.05) is 13.8 Å². The summed E-state index contributed by atoms with van der Waals surface area (Å²) in [5, 5.41) is 0. The number of hydrogen-bond donors (Lipinski definition) is 1. The van der Waals surface area contributed by atoms with Crippen LogP contribution in [0.15, 0.2) is 6.07 Å². The normalized spacial score (nSPS) is 13.1. The van der Waals surface area contributed by atoms with E-state index in [1.54, 1.807) is 0 Å². The van der Waals surface area contributed by atoms with E-state index in [2.05, 4.69) is 61.6 Å². The highest BCUT2D eigenvalue weighted by Gasteiger charge is 2.17. The molecule has 0 saturated carbocycles. The van der Waals surface area contributed by atoms with Crippen LogP contribution in [-0.2, 0) is 0 Å². The maximum absolute atomic E-state index is 5.90. The lowest BCUT2D eigenvalue weighted by molar-refractivity contribution is 0.372. The standard InChI is InChI=1S/C14H27N5/c1-7-19(11(4)9-18(5)6)13-8-12(15)16-14(17-13)10(2)3/h8,10-11H,7,9H2,1-6H3,(H2,15,16,17). The molecule has 0 saturated heterocycles. The molecule has 0 spiro atoms. The van der Waals surface area contributed by atoms with Crippen molar-refractivity contribution in [3.63, 3.8) is 0 Å². The van der Waals surface area contributed by atoms with Gasteiger partial charge in [0.2, 0.25) is 0 Å². The number of likely N-dealkylation sites (N-methyl/N-ethyl adjacent to an activating group) is 2. The van der Waals surface area contributed by atoms with Crippen LogP contribution in [0.1, 0.15) is 39.4 Å². The summed E-state index contributed by atoms with van der Waals surface area (Å²) in [4.78, 5) is 13.4. The van der Waals surface area contributed by atoms with E-state index < -0.39 is 0 Å². The molecule has 5 nitrogen and oxygen atoms in total. The molecule has 1 heterocycles. The van der Waals surface area contributed by atoms with E-state index in [1.807, 2.05) is 6.07 Å². The molecule has 1 aromatic heterocycles. The van der Waals surface area contributed by atoms with Gasteiger partial charge in [0.1, 0.15) is 17.5 Å². The Labute approximate surface area is 116 Å². The summed E-state index contributed by atoms with van der Waals surface area (Å²) in [7, 11) is 4.16. The van der Waals surface area contributed by atoms with Gasteiger partial charge in [0, 0.05) is 31.1 Å². The van der Waals surface area contributed by atoms with Gasteiger partial charge in [0.15, 0.2) is 0 Å². The van der Waals surface area contributed by atoms with Gasteiger partial charge < -0.3 is 15.5 Å². The van der Waals surface area contributed by atoms with E-state index in [-0.39, 0.29) is 5.92 Å². The minimum Gasteiger partial charge on any atom is -0.384 e. The van der Waals surface area contributed by atoms with Crippen LogP contribution in [0.3, 0.4) is 0 Å². The van der Waals surface area contributed by atoms with Crippen molar-refractivity contribution in [2.45, 2.75) is 39.7 Å². The van der Waals surface area contributed by atoms with E-state index in [0.29, 0.717) is 11.9 Å². The molecule has 1 unspecified atom stereocenters. The summed E-state index contributed by atoms with van der Waals surface area (Å²) < 4.78 is 0. The molecule has 2 N–H and O–H groups in total. The number of hydrogen-bond acceptors (Lipinski definition) is 5. The Morgan fingerprint density at radius 1 is 1.21 bits per heavy atom. The quantitative estimate of drug-likeness (QED) is 0.852. The second-order valence-electron chi connectivity index (χ2n) is 5.56. The number of aromatic nitrogens is 2. The van der Waals surface area contributed by atoms with Gasteiger partial charge in [-0.3, -0.25) is 0 Å². The first kappa shape index (κ1) is 15.7. The van der Waals surface area contributed by atoms with Gasteiger partial charge in [0.05, 0.1) is 0 Å². The summed E-state index contributed by atoms with van der Waals surface area (Å²) in [5.41, 5.74) is 5.90. The number of nitrogen functional groups attached to an aromatic ring is 1. The van der Waals surface area contributed by atoms with Gasteiger partial charge in [-0.05, 0) is 27.9 Å². The fourth-order valence-electron chi connectivity index (χ4n) is 2.20. The molecule has 1 rings (SSSR count). The maximum Gasteiger partial charge on any atom is 0.135 e. The Morgan fingerprint density at radius 2 is 1.84 bits per heavy atom. The van der Waals surface area contributed by atoms with Crippen LogP contribution in [0.5, 0.6) is 0 Å². The number of nitrogens with zero attached hydrogens (tertiary/aromatic N) is 4. The smallest absolute Gasteiger partial charge is 0.135 e. The largest absolute Gasteiger partial charge is 0.384 e. The first-order valence-electron chi connectivity index (χ1n) is 6.91. The summed E-state index contributed by atoms with van der Waals surface area (Å²) in [5.74, 6) is 2.56. The molecule has 0 aromatic carbocycles. The minimum absolute atomic E-state index is 0.283. The van der Waals surface area contributed by atoms with Gasteiger partial charge >= 0.3 is 0 Å². The molecule has 5 heteroatoms. The molecule has 108 valence electrons. The number of nitrogens with two attached hydrogens (primary N) is 1. The Hall–Kier alpha value is -1.36. The van der Waals surface area contributed by atoms with E-state index in [0.717, 1.165) is 24.7 Å². The second-order valence-corrected chi connectivity index (χ2v) is 5.56. The van der Waals surface area contributed by atoms with Gasteiger partial charge in [-0.15, -0.1) is 0 Å². The van der Waals surface area contributed by atoms with Gasteiger partial charge in [0.25, 0.3) is 0 Å². The van der Waals surface area contributed by atoms with Crippen molar-refractivity contribution >= 4 is 11.6 Å². The molecule has 0 amide bonds. The Morgan fingerprint density at radius 3 is 2.32 bits per heavy atom. The lowest BCUT2D eigenvalue weighted by Crippen LogP contribution is -2.40. The second kappa shape index (κ2) is 6.70. The molecular formula is C14H27N5. The van der Waals surface area contributed by atoms with Crippen molar-refractivity contribution in [1.29, 1.82) is 0 Å². The molecule has 19 heavy (non-hydrogen) atoms. The molecule has 0 fully saturated rings. The zero-order valence-electron chi connectivity index (χ0n) is 13.0. The van der Waals surface area contributed by atoms with E-state index in [9.17, 15) is 0 Å². The Kier molecular flexibility index (Phi) is 5.54. The molecule has 0 aliphatic carbocycles. The third-order valence-electron chi connectivity index (χ3n) is 3.06. The monoisotopic (exact) mass is 265 g/mol. The fourth-order valence-corrected chi connectivity index (χ4v) is 2.20. The van der Waals surface area contributed by atoms with Crippen LogP contribution in [0.2, 0.25) is 0 Å². The molecule has 0 bridgehead atoms. The average Bonchev–Trinajstić information content (AvgIpc) is 2.27.